The van der Waals surface area contributed by atoms with Crippen LogP contribution in [0.25, 0.3) is 0 Å². The number of nitriles is 1. The monoisotopic (exact) mass is 341 g/mol. The first-order valence-electron chi connectivity index (χ1n) is 7.30. The number of benzene rings is 1. The molecule has 0 atom stereocenters. The number of ether oxygens (including phenoxy) is 2. The Morgan fingerprint density at radius 3 is 2.84 bits per heavy atom. The molecule has 0 spiro atoms. The van der Waals surface area contributed by atoms with Crippen molar-refractivity contribution in [3.63, 3.8) is 0 Å². The van der Waals surface area contributed by atoms with Crippen LogP contribution in [0.1, 0.15) is 12.5 Å². The Balaban J connectivity index is 2.05. The first kappa shape index (κ1) is 17.7. The summed E-state index contributed by atoms with van der Waals surface area (Å²) >= 11 is 0. The van der Waals surface area contributed by atoms with Crippen molar-refractivity contribution in [1.29, 1.82) is 5.26 Å². The third-order valence-corrected chi connectivity index (χ3v) is 2.91. The normalized spacial score (nSPS) is 10.2. The Labute approximate surface area is 143 Å². The number of pyridine rings is 1. The largest absolute Gasteiger partial charge is 0.490 e. The van der Waals surface area contributed by atoms with Crippen LogP contribution < -0.4 is 14.9 Å². The smallest absolute Gasteiger partial charge is 0.287 e. The van der Waals surface area contributed by atoms with Gasteiger partial charge in [-0.3, -0.25) is 15.5 Å². The first-order valence-corrected chi connectivity index (χ1v) is 7.30. The fraction of sp³-hybridized carbons (Fsp3) is 0.188. The SMILES string of the molecule is CCOc1cc(/C=N\Nc2ccc([N+](=O)[O-])cn2)ccc1OCC#N. The molecule has 9 nitrogen and oxygen atoms in total. The van der Waals surface area contributed by atoms with Gasteiger partial charge < -0.3 is 9.47 Å². The summed E-state index contributed by atoms with van der Waals surface area (Å²) in [5.41, 5.74) is 3.32. The Bertz CT molecular complexity index is 799. The highest BCUT2D eigenvalue weighted by Gasteiger charge is 2.06. The summed E-state index contributed by atoms with van der Waals surface area (Å²) in [6, 6.07) is 9.86. The molecule has 0 aliphatic heterocycles. The van der Waals surface area contributed by atoms with Gasteiger partial charge in [0.2, 0.25) is 0 Å². The highest BCUT2D eigenvalue weighted by molar-refractivity contribution is 5.81. The van der Waals surface area contributed by atoms with Crippen molar-refractivity contribution in [2.24, 2.45) is 5.10 Å². The summed E-state index contributed by atoms with van der Waals surface area (Å²) in [5.74, 6) is 1.36. The quantitative estimate of drug-likeness (QED) is 0.445. The maximum absolute atomic E-state index is 10.6. The average Bonchev–Trinajstić information content (AvgIpc) is 2.62. The van der Waals surface area contributed by atoms with Crippen molar-refractivity contribution in [1.82, 2.24) is 4.98 Å². The minimum absolute atomic E-state index is 0.0686. The second kappa shape index (κ2) is 8.83. The van der Waals surface area contributed by atoms with Crippen LogP contribution in [0.15, 0.2) is 41.6 Å². The maximum atomic E-state index is 10.6. The molecule has 2 aromatic rings. The summed E-state index contributed by atoms with van der Waals surface area (Å²) < 4.78 is 10.8. The Morgan fingerprint density at radius 2 is 2.20 bits per heavy atom. The van der Waals surface area contributed by atoms with E-state index in [4.69, 9.17) is 14.7 Å². The second-order valence-electron chi connectivity index (χ2n) is 4.61. The van der Waals surface area contributed by atoms with Gasteiger partial charge in [0.25, 0.3) is 5.69 Å². The number of hydrogen-bond donors (Lipinski definition) is 1. The fourth-order valence-electron chi connectivity index (χ4n) is 1.84. The van der Waals surface area contributed by atoms with Crippen LogP contribution in [0.4, 0.5) is 11.5 Å². The van der Waals surface area contributed by atoms with Crippen molar-refractivity contribution in [2.45, 2.75) is 6.92 Å². The molecule has 0 aliphatic rings. The highest BCUT2D eigenvalue weighted by atomic mass is 16.6. The van der Waals surface area contributed by atoms with Crippen molar-refractivity contribution in [3.8, 4) is 17.6 Å². The number of hydrazone groups is 1. The van der Waals surface area contributed by atoms with E-state index in [-0.39, 0.29) is 12.3 Å². The predicted molar refractivity (Wildman–Crippen MR) is 90.8 cm³/mol. The molecule has 0 unspecified atom stereocenters. The molecule has 0 radical (unpaired) electrons. The van der Waals surface area contributed by atoms with E-state index in [1.807, 2.05) is 13.0 Å². The van der Waals surface area contributed by atoms with Crippen molar-refractivity contribution < 1.29 is 14.4 Å². The van der Waals surface area contributed by atoms with Crippen LogP contribution >= 0.6 is 0 Å². The highest BCUT2D eigenvalue weighted by Crippen LogP contribution is 2.28. The molecule has 1 N–H and O–H groups in total. The number of rotatable bonds is 8. The molecule has 1 heterocycles. The van der Waals surface area contributed by atoms with Gasteiger partial charge in [0.15, 0.2) is 18.1 Å². The molecule has 9 heteroatoms. The third kappa shape index (κ3) is 5.18. The minimum Gasteiger partial charge on any atom is -0.490 e. The summed E-state index contributed by atoms with van der Waals surface area (Å²) in [5, 5.41) is 23.2. The van der Waals surface area contributed by atoms with E-state index < -0.39 is 4.92 Å². The van der Waals surface area contributed by atoms with E-state index >= 15 is 0 Å². The molecule has 128 valence electrons. The van der Waals surface area contributed by atoms with Crippen molar-refractivity contribution in [2.75, 3.05) is 18.6 Å². The van der Waals surface area contributed by atoms with Crippen molar-refractivity contribution >= 4 is 17.7 Å². The number of anilines is 1. The summed E-state index contributed by atoms with van der Waals surface area (Å²) in [7, 11) is 0. The van der Waals surface area contributed by atoms with Crippen LogP contribution in [-0.2, 0) is 0 Å². The van der Waals surface area contributed by atoms with Gasteiger partial charge in [0.05, 0.1) is 17.7 Å². The molecule has 0 aliphatic carbocycles. The van der Waals surface area contributed by atoms with E-state index in [1.165, 1.54) is 12.1 Å². The van der Waals surface area contributed by atoms with Gasteiger partial charge in [0.1, 0.15) is 18.1 Å². The molecule has 0 saturated heterocycles. The van der Waals surface area contributed by atoms with Crippen LogP contribution in [0.5, 0.6) is 11.5 Å². The van der Waals surface area contributed by atoms with Crippen LogP contribution in [0.3, 0.4) is 0 Å². The zero-order valence-corrected chi connectivity index (χ0v) is 13.4. The lowest BCUT2D eigenvalue weighted by Gasteiger charge is -2.10. The summed E-state index contributed by atoms with van der Waals surface area (Å²) in [6.45, 7) is 2.23. The van der Waals surface area contributed by atoms with Crippen molar-refractivity contribution in [3.05, 3.63) is 52.2 Å². The lowest BCUT2D eigenvalue weighted by Crippen LogP contribution is -2.00. The lowest BCUT2D eigenvalue weighted by atomic mass is 10.2. The molecule has 1 aromatic carbocycles. The molecule has 0 fully saturated rings. The average molecular weight is 341 g/mol. The van der Waals surface area contributed by atoms with E-state index in [0.29, 0.717) is 23.9 Å². The van der Waals surface area contributed by atoms with Gasteiger partial charge in [-0.2, -0.15) is 10.4 Å². The van der Waals surface area contributed by atoms with E-state index in [0.717, 1.165) is 11.8 Å². The maximum Gasteiger partial charge on any atom is 0.287 e. The van der Waals surface area contributed by atoms with Gasteiger partial charge in [-0.1, -0.05) is 0 Å². The Kier molecular flexibility index (Phi) is 6.24. The zero-order valence-electron chi connectivity index (χ0n) is 13.4. The fourth-order valence-corrected chi connectivity index (χ4v) is 1.84. The second-order valence-corrected chi connectivity index (χ2v) is 4.61. The molecule has 0 bridgehead atoms. The predicted octanol–water partition coefficient (Wildman–Crippen LogP) is 2.74. The molecule has 0 saturated carbocycles. The molecule has 25 heavy (non-hydrogen) atoms. The summed E-state index contributed by atoms with van der Waals surface area (Å²) in [6.07, 6.45) is 2.69. The summed E-state index contributed by atoms with van der Waals surface area (Å²) in [4.78, 5) is 13.9. The lowest BCUT2D eigenvalue weighted by molar-refractivity contribution is -0.385. The van der Waals surface area contributed by atoms with Gasteiger partial charge in [-0.15, -0.1) is 0 Å². The molecular formula is C16H15N5O4. The molecule has 2 rings (SSSR count). The Hall–Kier alpha value is -3.67. The molecule has 0 amide bonds. The van der Waals surface area contributed by atoms with Crippen LogP contribution in [0.2, 0.25) is 0 Å². The van der Waals surface area contributed by atoms with E-state index in [2.05, 4.69) is 15.5 Å². The zero-order chi connectivity index (χ0) is 18.1. The topological polar surface area (TPSA) is 123 Å². The van der Waals surface area contributed by atoms with Gasteiger partial charge in [-0.05, 0) is 36.8 Å². The molecule has 1 aromatic heterocycles. The number of nitro groups is 1. The van der Waals surface area contributed by atoms with Crippen LogP contribution in [0, 0.1) is 21.4 Å². The third-order valence-electron chi connectivity index (χ3n) is 2.91. The molecular weight excluding hydrogens is 326 g/mol. The van der Waals surface area contributed by atoms with E-state index in [1.54, 1.807) is 24.4 Å². The number of nitrogens with zero attached hydrogens (tertiary/aromatic N) is 4. The standard InChI is InChI=1S/C16H15N5O4/c1-2-24-15-9-12(3-5-14(15)25-8-7-17)10-19-20-16-6-4-13(11-18-16)21(22)23/h3-6,9-11H,2,8H2,1H3,(H,18,20)/b19-10-. The van der Waals surface area contributed by atoms with Crippen LogP contribution in [-0.4, -0.2) is 29.3 Å². The van der Waals surface area contributed by atoms with Gasteiger partial charge in [-0.25, -0.2) is 4.98 Å². The van der Waals surface area contributed by atoms with Gasteiger partial charge >= 0.3 is 0 Å². The number of aromatic nitrogens is 1. The van der Waals surface area contributed by atoms with Gasteiger partial charge in [0, 0.05) is 6.07 Å². The number of hydrogen-bond acceptors (Lipinski definition) is 8. The number of nitrogens with one attached hydrogen (secondary N) is 1. The van der Waals surface area contributed by atoms with E-state index in [9.17, 15) is 10.1 Å². The Morgan fingerprint density at radius 1 is 1.36 bits per heavy atom. The minimum atomic E-state index is -0.523. The first-order chi connectivity index (χ1) is 12.1.